The second kappa shape index (κ2) is 10.9. The maximum atomic E-state index is 13.4. The highest BCUT2D eigenvalue weighted by Crippen LogP contribution is 2.32. The summed E-state index contributed by atoms with van der Waals surface area (Å²) in [4.78, 5) is 25.2. The molecule has 3 rings (SSSR count). The monoisotopic (exact) mass is 499 g/mol. The van der Waals surface area contributed by atoms with Gasteiger partial charge in [-0.15, -0.1) is 0 Å². The van der Waals surface area contributed by atoms with Crippen LogP contribution in [0.4, 0.5) is 5.69 Å². The third kappa shape index (κ3) is 5.99. The number of amides is 1. The fourth-order valence-electron chi connectivity index (χ4n) is 4.15. The highest BCUT2D eigenvalue weighted by Gasteiger charge is 2.34. The number of nitrogens with zero attached hydrogens (tertiary/aromatic N) is 2. The maximum Gasteiger partial charge on any atom is 0.338 e. The van der Waals surface area contributed by atoms with Crippen molar-refractivity contribution in [3.05, 3.63) is 53.6 Å². The van der Waals surface area contributed by atoms with E-state index >= 15 is 0 Å². The number of nitriles is 1. The Hall–Kier alpha value is -3.42. The molecule has 0 radical (unpaired) electrons. The van der Waals surface area contributed by atoms with E-state index in [1.807, 2.05) is 19.9 Å². The lowest BCUT2D eigenvalue weighted by Crippen LogP contribution is -2.42. The Morgan fingerprint density at radius 1 is 1.14 bits per heavy atom. The smallest absolute Gasteiger partial charge is 0.338 e. The molecule has 35 heavy (non-hydrogen) atoms. The van der Waals surface area contributed by atoms with Crippen LogP contribution in [0.3, 0.4) is 0 Å². The molecule has 1 saturated heterocycles. The van der Waals surface area contributed by atoms with Crippen molar-refractivity contribution in [3.8, 4) is 11.8 Å². The fourth-order valence-corrected chi connectivity index (χ4v) is 6.01. The van der Waals surface area contributed by atoms with E-state index in [1.165, 1.54) is 36.5 Å². The van der Waals surface area contributed by atoms with Gasteiger partial charge in [-0.05, 0) is 55.5 Å². The normalized spacial score (nSPS) is 19.3. The van der Waals surface area contributed by atoms with E-state index in [1.54, 1.807) is 24.3 Å². The number of para-hydroxylation sites is 1. The van der Waals surface area contributed by atoms with Crippen LogP contribution < -0.4 is 10.1 Å². The van der Waals surface area contributed by atoms with Gasteiger partial charge in [-0.1, -0.05) is 26.0 Å². The molecule has 0 aliphatic carbocycles. The average molecular weight is 500 g/mol. The number of benzene rings is 2. The first-order chi connectivity index (χ1) is 16.6. The van der Waals surface area contributed by atoms with Crippen molar-refractivity contribution >= 4 is 27.6 Å². The first-order valence-electron chi connectivity index (χ1n) is 11.3. The van der Waals surface area contributed by atoms with Crippen LogP contribution in [0, 0.1) is 23.2 Å². The Balaban J connectivity index is 1.80. The second-order valence-electron chi connectivity index (χ2n) is 8.83. The fraction of sp³-hybridized carbons (Fsp3) is 0.400. The molecule has 1 aliphatic rings. The van der Waals surface area contributed by atoms with Gasteiger partial charge in [0.2, 0.25) is 10.0 Å². The summed E-state index contributed by atoms with van der Waals surface area (Å²) >= 11 is 0. The molecule has 1 aliphatic heterocycles. The quantitative estimate of drug-likeness (QED) is 0.579. The zero-order valence-corrected chi connectivity index (χ0v) is 21.0. The predicted molar refractivity (Wildman–Crippen MR) is 129 cm³/mol. The minimum atomic E-state index is -3.93. The Morgan fingerprint density at radius 2 is 1.80 bits per heavy atom. The number of rotatable bonds is 7. The summed E-state index contributed by atoms with van der Waals surface area (Å²) in [6, 6.07) is 12.4. The Labute approximate surface area is 205 Å². The summed E-state index contributed by atoms with van der Waals surface area (Å²) in [7, 11) is -2.57. The number of hydrogen-bond acceptors (Lipinski definition) is 7. The molecule has 2 aromatic rings. The van der Waals surface area contributed by atoms with Crippen molar-refractivity contribution in [1.29, 1.82) is 5.26 Å². The van der Waals surface area contributed by atoms with Gasteiger partial charge in [0.1, 0.15) is 16.7 Å². The largest absolute Gasteiger partial charge is 0.495 e. The summed E-state index contributed by atoms with van der Waals surface area (Å²) in [5.74, 6) is -0.956. The lowest BCUT2D eigenvalue weighted by Gasteiger charge is -2.34. The van der Waals surface area contributed by atoms with Crippen LogP contribution in [0.1, 0.15) is 43.1 Å². The zero-order chi connectivity index (χ0) is 25.8. The number of sulfonamides is 1. The minimum Gasteiger partial charge on any atom is -0.495 e. The lowest BCUT2D eigenvalue weighted by atomic mass is 9.94. The second-order valence-corrected chi connectivity index (χ2v) is 10.7. The number of methoxy groups -OCH3 is 1. The van der Waals surface area contributed by atoms with Gasteiger partial charge in [0.15, 0.2) is 6.10 Å². The summed E-state index contributed by atoms with van der Waals surface area (Å²) in [6.07, 6.45) is -0.255. The zero-order valence-electron chi connectivity index (χ0n) is 20.1. The standard InChI is InChI=1S/C25H29N3O6S/c1-16-11-17(2)15-28(14-16)35(31,32)23-12-19(9-10-22(23)33-4)25(30)34-18(3)24(29)27-21-8-6-5-7-20(21)13-26/h5-10,12,16-18H,11,14-15H2,1-4H3,(H,27,29). The van der Waals surface area contributed by atoms with Crippen LogP contribution in [-0.2, 0) is 19.6 Å². The van der Waals surface area contributed by atoms with Gasteiger partial charge in [-0.25, -0.2) is 13.2 Å². The molecule has 0 spiro atoms. The summed E-state index contributed by atoms with van der Waals surface area (Å²) in [5.41, 5.74) is 0.538. The summed E-state index contributed by atoms with van der Waals surface area (Å²) in [6.45, 7) is 6.16. The number of piperidine rings is 1. The molecule has 0 bridgehead atoms. The topological polar surface area (TPSA) is 126 Å². The molecule has 9 nitrogen and oxygen atoms in total. The lowest BCUT2D eigenvalue weighted by molar-refractivity contribution is -0.123. The number of hydrogen-bond donors (Lipinski definition) is 1. The maximum absolute atomic E-state index is 13.4. The first kappa shape index (κ1) is 26.2. The SMILES string of the molecule is COc1ccc(C(=O)OC(C)C(=O)Nc2ccccc2C#N)cc1S(=O)(=O)N1CC(C)CC(C)C1. The van der Waals surface area contributed by atoms with Crippen LogP contribution in [0.5, 0.6) is 5.75 Å². The molecule has 3 atom stereocenters. The van der Waals surface area contributed by atoms with Gasteiger partial charge in [-0.2, -0.15) is 9.57 Å². The van der Waals surface area contributed by atoms with Crippen molar-refractivity contribution < 1.29 is 27.5 Å². The molecule has 2 aromatic carbocycles. The Morgan fingerprint density at radius 3 is 2.43 bits per heavy atom. The van der Waals surface area contributed by atoms with Crippen LogP contribution in [0.25, 0.3) is 0 Å². The molecule has 0 saturated carbocycles. The van der Waals surface area contributed by atoms with Crippen LogP contribution >= 0.6 is 0 Å². The molecular formula is C25H29N3O6S. The van der Waals surface area contributed by atoms with Crippen LogP contribution in [-0.4, -0.2) is 50.9 Å². The van der Waals surface area contributed by atoms with Crippen LogP contribution in [0.2, 0.25) is 0 Å². The molecule has 186 valence electrons. The van der Waals surface area contributed by atoms with Crippen molar-refractivity contribution in [3.63, 3.8) is 0 Å². The number of nitrogens with one attached hydrogen (secondary N) is 1. The van der Waals surface area contributed by atoms with Crippen molar-refractivity contribution in [2.75, 3.05) is 25.5 Å². The molecule has 3 unspecified atom stereocenters. The van der Waals surface area contributed by atoms with Crippen molar-refractivity contribution in [1.82, 2.24) is 4.31 Å². The minimum absolute atomic E-state index is 0.0282. The molecule has 0 aromatic heterocycles. The van der Waals surface area contributed by atoms with E-state index in [4.69, 9.17) is 9.47 Å². The third-order valence-corrected chi connectivity index (χ3v) is 7.66. The number of carbonyl (C=O) groups excluding carboxylic acids is 2. The van der Waals surface area contributed by atoms with E-state index in [-0.39, 0.29) is 33.6 Å². The highest BCUT2D eigenvalue weighted by molar-refractivity contribution is 7.89. The molecule has 1 amide bonds. The van der Waals surface area contributed by atoms with Gasteiger partial charge in [-0.3, -0.25) is 4.79 Å². The highest BCUT2D eigenvalue weighted by atomic mass is 32.2. The number of anilines is 1. The van der Waals surface area contributed by atoms with E-state index < -0.39 is 28.0 Å². The summed E-state index contributed by atoms with van der Waals surface area (Å²) < 4.78 is 38.8. The first-order valence-corrected chi connectivity index (χ1v) is 12.7. The Bertz CT molecular complexity index is 1240. The molecule has 1 heterocycles. The summed E-state index contributed by atoms with van der Waals surface area (Å²) in [5, 5.41) is 11.7. The number of ether oxygens (including phenoxy) is 2. The van der Waals surface area contributed by atoms with Crippen molar-refractivity contribution in [2.45, 2.75) is 38.2 Å². The van der Waals surface area contributed by atoms with Gasteiger partial charge in [0.05, 0.1) is 23.9 Å². The van der Waals surface area contributed by atoms with E-state index in [9.17, 15) is 23.3 Å². The molecule has 1 N–H and O–H groups in total. The third-order valence-electron chi connectivity index (χ3n) is 5.81. The van der Waals surface area contributed by atoms with Crippen LogP contribution in [0.15, 0.2) is 47.4 Å². The Kier molecular flexibility index (Phi) is 8.14. The number of esters is 1. The van der Waals surface area contributed by atoms with Gasteiger partial charge >= 0.3 is 5.97 Å². The molecular weight excluding hydrogens is 470 g/mol. The van der Waals surface area contributed by atoms with E-state index in [2.05, 4.69) is 5.32 Å². The number of carbonyl (C=O) groups is 2. The van der Waals surface area contributed by atoms with Crippen molar-refractivity contribution in [2.24, 2.45) is 11.8 Å². The van der Waals surface area contributed by atoms with Gasteiger partial charge in [0, 0.05) is 13.1 Å². The van der Waals surface area contributed by atoms with E-state index in [0.29, 0.717) is 18.8 Å². The molecule has 1 fully saturated rings. The van der Waals surface area contributed by atoms with Gasteiger partial charge in [0.25, 0.3) is 5.91 Å². The predicted octanol–water partition coefficient (Wildman–Crippen LogP) is 3.42. The van der Waals surface area contributed by atoms with Gasteiger partial charge < -0.3 is 14.8 Å². The van der Waals surface area contributed by atoms with E-state index in [0.717, 1.165) is 6.42 Å². The average Bonchev–Trinajstić information content (AvgIpc) is 2.83. The molecule has 10 heteroatoms.